The Labute approximate surface area is 177 Å². The molecule has 1 aromatic heterocycles. The average molecular weight is 405 g/mol. The summed E-state index contributed by atoms with van der Waals surface area (Å²) in [6, 6.07) is 12.0. The van der Waals surface area contributed by atoms with Crippen LogP contribution in [0.3, 0.4) is 0 Å². The zero-order chi connectivity index (χ0) is 20.5. The van der Waals surface area contributed by atoms with E-state index in [9.17, 15) is 9.59 Å². The summed E-state index contributed by atoms with van der Waals surface area (Å²) in [4.78, 5) is 37.1. The van der Waals surface area contributed by atoms with E-state index in [1.807, 2.05) is 46.2 Å². The van der Waals surface area contributed by atoms with Crippen LogP contribution >= 0.6 is 0 Å². The number of piperazine rings is 1. The van der Waals surface area contributed by atoms with Gasteiger partial charge in [0.15, 0.2) is 0 Å². The van der Waals surface area contributed by atoms with Crippen LogP contribution in [0.1, 0.15) is 58.4 Å². The number of nitrogens with zero attached hydrogens (tertiary/aromatic N) is 4. The summed E-state index contributed by atoms with van der Waals surface area (Å²) in [6.07, 6.45) is 7.61. The molecule has 6 nitrogen and oxygen atoms in total. The van der Waals surface area contributed by atoms with Gasteiger partial charge < -0.3 is 14.7 Å². The molecule has 1 saturated heterocycles. The van der Waals surface area contributed by atoms with E-state index in [2.05, 4.69) is 9.88 Å². The number of rotatable bonds is 3. The third-order valence-corrected chi connectivity index (χ3v) is 6.75. The number of amides is 2. The molecule has 5 rings (SSSR count). The highest BCUT2D eigenvalue weighted by atomic mass is 16.2. The summed E-state index contributed by atoms with van der Waals surface area (Å²) in [7, 11) is 0. The van der Waals surface area contributed by atoms with E-state index >= 15 is 0 Å². The van der Waals surface area contributed by atoms with Gasteiger partial charge in [0.05, 0.1) is 11.1 Å². The van der Waals surface area contributed by atoms with Crippen LogP contribution in [0.5, 0.6) is 0 Å². The molecule has 1 saturated carbocycles. The zero-order valence-electron chi connectivity index (χ0n) is 17.3. The van der Waals surface area contributed by atoms with Gasteiger partial charge in [-0.1, -0.05) is 37.5 Å². The van der Waals surface area contributed by atoms with Crippen LogP contribution in [0.2, 0.25) is 0 Å². The van der Waals surface area contributed by atoms with Crippen molar-refractivity contribution in [1.29, 1.82) is 0 Å². The van der Waals surface area contributed by atoms with Crippen LogP contribution in [0.25, 0.3) is 0 Å². The lowest BCUT2D eigenvalue weighted by Crippen LogP contribution is -2.49. The summed E-state index contributed by atoms with van der Waals surface area (Å²) >= 11 is 0. The van der Waals surface area contributed by atoms with Gasteiger partial charge in [-0.3, -0.25) is 9.59 Å². The number of benzene rings is 1. The highest BCUT2D eigenvalue weighted by Crippen LogP contribution is 2.33. The maximum atomic E-state index is 13.4. The van der Waals surface area contributed by atoms with E-state index < -0.39 is 0 Å². The van der Waals surface area contributed by atoms with E-state index in [0.29, 0.717) is 36.8 Å². The van der Waals surface area contributed by atoms with Gasteiger partial charge in [-0.05, 0) is 36.6 Å². The minimum Gasteiger partial charge on any atom is -0.353 e. The number of carbonyl (C=O) groups is 2. The molecule has 2 aromatic rings. The fraction of sp³-hybridized carbons (Fsp3) is 0.458. The Hall–Kier alpha value is -2.89. The largest absolute Gasteiger partial charge is 0.353 e. The standard InChI is InChI=1S/C24H28N4O2/c29-23(27-15-13-26(14-16-27)21-11-4-5-12-25-21)20-10-6-7-18-17-28(24(30)22(18)20)19-8-2-1-3-9-19/h4-7,10-12,19H,1-3,8-9,13-17H2. The van der Waals surface area contributed by atoms with Crippen LogP contribution in [0.15, 0.2) is 42.6 Å². The molecule has 3 aliphatic rings. The molecule has 156 valence electrons. The first-order chi connectivity index (χ1) is 14.7. The molecule has 2 aliphatic heterocycles. The third kappa shape index (κ3) is 3.44. The van der Waals surface area contributed by atoms with Crippen molar-refractivity contribution in [3.05, 3.63) is 59.3 Å². The van der Waals surface area contributed by atoms with E-state index in [4.69, 9.17) is 0 Å². The first-order valence-electron chi connectivity index (χ1n) is 11.1. The summed E-state index contributed by atoms with van der Waals surface area (Å²) in [6.45, 7) is 3.42. The quantitative estimate of drug-likeness (QED) is 0.787. The molecule has 1 aliphatic carbocycles. The van der Waals surface area contributed by atoms with Crippen molar-refractivity contribution >= 4 is 17.6 Å². The summed E-state index contributed by atoms with van der Waals surface area (Å²) in [5.74, 6) is 0.975. The second kappa shape index (κ2) is 8.09. The first-order valence-corrected chi connectivity index (χ1v) is 11.1. The molecule has 2 fully saturated rings. The molecular weight excluding hydrogens is 376 g/mol. The predicted octanol–water partition coefficient (Wildman–Crippen LogP) is 3.33. The number of carbonyl (C=O) groups excluding carboxylic acids is 2. The van der Waals surface area contributed by atoms with Gasteiger partial charge in [-0.15, -0.1) is 0 Å². The van der Waals surface area contributed by atoms with Crippen molar-refractivity contribution in [1.82, 2.24) is 14.8 Å². The second-order valence-corrected chi connectivity index (χ2v) is 8.53. The number of pyridine rings is 1. The minimum absolute atomic E-state index is 0.0219. The molecule has 3 heterocycles. The van der Waals surface area contributed by atoms with Crippen molar-refractivity contribution in [2.75, 3.05) is 31.1 Å². The highest BCUT2D eigenvalue weighted by molar-refractivity contribution is 6.09. The van der Waals surface area contributed by atoms with Gasteiger partial charge in [0.25, 0.3) is 11.8 Å². The van der Waals surface area contributed by atoms with Crippen molar-refractivity contribution in [3.63, 3.8) is 0 Å². The Balaban J connectivity index is 1.31. The Morgan fingerprint density at radius 1 is 0.933 bits per heavy atom. The number of aromatic nitrogens is 1. The molecule has 0 spiro atoms. The van der Waals surface area contributed by atoms with Crippen molar-refractivity contribution < 1.29 is 9.59 Å². The number of hydrogen-bond acceptors (Lipinski definition) is 4. The lowest BCUT2D eigenvalue weighted by atomic mass is 9.94. The minimum atomic E-state index is -0.0219. The van der Waals surface area contributed by atoms with E-state index in [1.165, 1.54) is 19.3 Å². The molecule has 2 amide bonds. The number of anilines is 1. The van der Waals surface area contributed by atoms with Gasteiger partial charge in [0.2, 0.25) is 0 Å². The number of fused-ring (bicyclic) bond motifs is 1. The molecule has 30 heavy (non-hydrogen) atoms. The van der Waals surface area contributed by atoms with E-state index in [1.54, 1.807) is 6.20 Å². The molecule has 1 aromatic carbocycles. The van der Waals surface area contributed by atoms with Crippen molar-refractivity contribution in [2.45, 2.75) is 44.7 Å². The molecule has 6 heteroatoms. The highest BCUT2D eigenvalue weighted by Gasteiger charge is 2.37. The van der Waals surface area contributed by atoms with Gasteiger partial charge in [-0.2, -0.15) is 0 Å². The fourth-order valence-electron chi connectivity index (χ4n) is 5.10. The summed E-state index contributed by atoms with van der Waals surface area (Å²) in [5, 5.41) is 0. The zero-order valence-corrected chi connectivity index (χ0v) is 17.3. The second-order valence-electron chi connectivity index (χ2n) is 8.53. The molecule has 0 radical (unpaired) electrons. The van der Waals surface area contributed by atoms with Crippen LogP contribution in [0, 0.1) is 0 Å². The lowest BCUT2D eigenvalue weighted by molar-refractivity contribution is 0.0648. The topological polar surface area (TPSA) is 56.8 Å². The molecule has 0 atom stereocenters. The monoisotopic (exact) mass is 404 g/mol. The Kier molecular flexibility index (Phi) is 5.15. The Morgan fingerprint density at radius 2 is 1.73 bits per heavy atom. The van der Waals surface area contributed by atoms with Crippen LogP contribution in [0.4, 0.5) is 5.82 Å². The van der Waals surface area contributed by atoms with E-state index in [-0.39, 0.29) is 11.8 Å². The predicted molar refractivity (Wildman–Crippen MR) is 116 cm³/mol. The molecule has 0 unspecified atom stereocenters. The molecule has 0 N–H and O–H groups in total. The van der Waals surface area contributed by atoms with Crippen molar-refractivity contribution in [2.24, 2.45) is 0 Å². The third-order valence-electron chi connectivity index (χ3n) is 6.75. The maximum absolute atomic E-state index is 13.4. The summed E-state index contributed by atoms with van der Waals surface area (Å²) < 4.78 is 0. The van der Waals surface area contributed by atoms with Gasteiger partial charge in [0.1, 0.15) is 5.82 Å². The SMILES string of the molecule is O=C(c1cccc2c1C(=O)N(C1CCCCC1)C2)N1CCN(c2ccccn2)CC1. The van der Waals surface area contributed by atoms with Crippen LogP contribution < -0.4 is 4.90 Å². The summed E-state index contributed by atoms with van der Waals surface area (Å²) in [5.41, 5.74) is 2.21. The normalized spacial score (nSPS) is 19.9. The maximum Gasteiger partial charge on any atom is 0.255 e. The van der Waals surface area contributed by atoms with Gasteiger partial charge >= 0.3 is 0 Å². The Bertz CT molecular complexity index is 931. The Morgan fingerprint density at radius 3 is 2.47 bits per heavy atom. The van der Waals surface area contributed by atoms with Crippen LogP contribution in [-0.4, -0.2) is 58.8 Å². The molecule has 0 bridgehead atoms. The van der Waals surface area contributed by atoms with Gasteiger partial charge in [-0.25, -0.2) is 4.98 Å². The number of hydrogen-bond donors (Lipinski definition) is 0. The average Bonchev–Trinajstić information content (AvgIpc) is 3.16. The van der Waals surface area contributed by atoms with Crippen molar-refractivity contribution in [3.8, 4) is 0 Å². The molecular formula is C24H28N4O2. The lowest BCUT2D eigenvalue weighted by Gasteiger charge is -2.35. The van der Waals surface area contributed by atoms with Gasteiger partial charge in [0, 0.05) is 45.0 Å². The van der Waals surface area contributed by atoms with Crippen LogP contribution in [-0.2, 0) is 6.54 Å². The van der Waals surface area contributed by atoms with E-state index in [0.717, 1.165) is 37.3 Å². The fourth-order valence-corrected chi connectivity index (χ4v) is 5.10. The first kappa shape index (κ1) is 19.1. The smallest absolute Gasteiger partial charge is 0.255 e.